The van der Waals surface area contributed by atoms with Gasteiger partial charge in [-0.25, -0.2) is 17.6 Å². The van der Waals surface area contributed by atoms with Crippen LogP contribution in [0.15, 0.2) is 0 Å². The van der Waals surface area contributed by atoms with Gasteiger partial charge in [0.2, 0.25) is 5.92 Å². The van der Waals surface area contributed by atoms with E-state index in [1.807, 2.05) is 0 Å². The van der Waals surface area contributed by atoms with Gasteiger partial charge in [-0.15, -0.1) is 0 Å². The lowest BCUT2D eigenvalue weighted by Crippen LogP contribution is -2.51. The summed E-state index contributed by atoms with van der Waals surface area (Å²) in [4.78, 5) is 0. The van der Waals surface area contributed by atoms with Crippen molar-refractivity contribution in [2.45, 2.75) is 43.6 Å². The summed E-state index contributed by atoms with van der Waals surface area (Å²) in [5.41, 5.74) is 3.56. The summed E-state index contributed by atoms with van der Waals surface area (Å²) in [6.45, 7) is 0. The Bertz CT molecular complexity index is 159. The van der Waals surface area contributed by atoms with Crippen LogP contribution >= 0.6 is 0 Å². The fourth-order valence-corrected chi connectivity index (χ4v) is 1.30. The minimum atomic E-state index is -2.79. The zero-order valence-electron chi connectivity index (χ0n) is 6.49. The average Bonchev–Trinajstić information content (AvgIpc) is 1.96. The highest BCUT2D eigenvalue weighted by atomic mass is 19.3. The smallest absolute Gasteiger partial charge is 0.256 e. The van der Waals surface area contributed by atoms with E-state index in [9.17, 15) is 17.6 Å². The van der Waals surface area contributed by atoms with Crippen LogP contribution in [0.5, 0.6) is 0 Å². The first-order chi connectivity index (χ1) is 5.36. The van der Waals surface area contributed by atoms with Gasteiger partial charge in [0, 0.05) is 12.8 Å². The Morgan fingerprint density at radius 2 is 1.42 bits per heavy atom. The number of hydrogen-bond acceptors (Lipinski definition) is 1. The number of rotatable bonds is 1. The first kappa shape index (κ1) is 9.77. The SMILES string of the molecule is NC1(C(F)F)CCC(F)(F)CC1. The Hall–Kier alpha value is -0.320. The van der Waals surface area contributed by atoms with Crippen molar-refractivity contribution in [3.8, 4) is 0 Å². The van der Waals surface area contributed by atoms with Crippen LogP contribution < -0.4 is 5.73 Å². The summed E-state index contributed by atoms with van der Waals surface area (Å²) in [6, 6.07) is 0. The van der Waals surface area contributed by atoms with E-state index in [0.29, 0.717) is 0 Å². The van der Waals surface area contributed by atoms with Crippen molar-refractivity contribution in [2.24, 2.45) is 5.73 Å². The third-order valence-electron chi connectivity index (χ3n) is 2.35. The summed E-state index contributed by atoms with van der Waals surface area (Å²) < 4.78 is 49.4. The van der Waals surface area contributed by atoms with Gasteiger partial charge in [-0.3, -0.25) is 0 Å². The van der Waals surface area contributed by atoms with E-state index in [0.717, 1.165) is 0 Å². The first-order valence-corrected chi connectivity index (χ1v) is 3.81. The molecule has 0 unspecified atom stereocenters. The Balaban J connectivity index is 2.55. The molecule has 72 valence electrons. The molecule has 0 aromatic heterocycles. The van der Waals surface area contributed by atoms with E-state index in [1.165, 1.54) is 0 Å². The van der Waals surface area contributed by atoms with Gasteiger partial charge in [0.1, 0.15) is 0 Å². The van der Waals surface area contributed by atoms with Gasteiger partial charge >= 0.3 is 0 Å². The molecule has 0 amide bonds. The molecule has 0 radical (unpaired) electrons. The van der Waals surface area contributed by atoms with Crippen LogP contribution in [-0.2, 0) is 0 Å². The third kappa shape index (κ3) is 1.88. The molecule has 0 aliphatic heterocycles. The van der Waals surface area contributed by atoms with Crippen molar-refractivity contribution in [1.29, 1.82) is 0 Å². The van der Waals surface area contributed by atoms with E-state index in [1.54, 1.807) is 0 Å². The Morgan fingerprint density at radius 1 is 1.00 bits per heavy atom. The normalized spacial score (nSPS) is 27.5. The predicted octanol–water partition coefficient (Wildman–Crippen LogP) is 2.16. The van der Waals surface area contributed by atoms with Crippen molar-refractivity contribution in [2.75, 3.05) is 0 Å². The standard InChI is InChI=1S/C7H11F4N/c8-5(9)6(12)1-3-7(10,11)4-2-6/h5H,1-4,12H2. The highest BCUT2D eigenvalue weighted by Crippen LogP contribution is 2.39. The fraction of sp³-hybridized carbons (Fsp3) is 1.00. The molecule has 1 nitrogen and oxygen atoms in total. The zero-order valence-corrected chi connectivity index (χ0v) is 6.49. The molecule has 1 rings (SSSR count). The highest BCUT2D eigenvalue weighted by molar-refractivity contribution is 4.94. The van der Waals surface area contributed by atoms with Gasteiger partial charge in [0.05, 0.1) is 5.54 Å². The average molecular weight is 185 g/mol. The molecular formula is C7H11F4N. The van der Waals surface area contributed by atoms with Crippen molar-refractivity contribution in [3.63, 3.8) is 0 Å². The van der Waals surface area contributed by atoms with E-state index in [-0.39, 0.29) is 12.8 Å². The van der Waals surface area contributed by atoms with Crippen molar-refractivity contribution in [3.05, 3.63) is 0 Å². The second-order valence-corrected chi connectivity index (χ2v) is 3.39. The van der Waals surface area contributed by atoms with Crippen LogP contribution in [0.1, 0.15) is 25.7 Å². The molecule has 1 aliphatic rings. The third-order valence-corrected chi connectivity index (χ3v) is 2.35. The van der Waals surface area contributed by atoms with Gasteiger partial charge in [-0.2, -0.15) is 0 Å². The van der Waals surface area contributed by atoms with Gasteiger partial charge in [-0.1, -0.05) is 0 Å². The number of hydrogen-bond donors (Lipinski definition) is 1. The van der Waals surface area contributed by atoms with Crippen molar-refractivity contribution in [1.82, 2.24) is 0 Å². The molecule has 0 aromatic carbocycles. The Morgan fingerprint density at radius 3 is 1.75 bits per heavy atom. The highest BCUT2D eigenvalue weighted by Gasteiger charge is 2.45. The van der Waals surface area contributed by atoms with E-state index in [2.05, 4.69) is 0 Å². The maximum atomic E-state index is 12.5. The van der Waals surface area contributed by atoms with Gasteiger partial charge in [0.25, 0.3) is 6.43 Å². The zero-order chi connectivity index (χ0) is 9.41. The van der Waals surface area contributed by atoms with Gasteiger partial charge in [-0.05, 0) is 12.8 Å². The molecule has 1 aliphatic carbocycles. The molecule has 0 spiro atoms. The first-order valence-electron chi connectivity index (χ1n) is 3.81. The minimum Gasteiger partial charge on any atom is -0.320 e. The molecular weight excluding hydrogens is 174 g/mol. The second-order valence-electron chi connectivity index (χ2n) is 3.39. The predicted molar refractivity (Wildman–Crippen MR) is 36.3 cm³/mol. The Kier molecular flexibility index (Phi) is 2.33. The van der Waals surface area contributed by atoms with E-state index in [4.69, 9.17) is 5.73 Å². The topological polar surface area (TPSA) is 26.0 Å². The summed E-state index contributed by atoms with van der Waals surface area (Å²) in [5.74, 6) is -2.79. The fourth-order valence-electron chi connectivity index (χ4n) is 1.30. The molecule has 5 heteroatoms. The minimum absolute atomic E-state index is 0.294. The molecule has 0 bridgehead atoms. The number of nitrogens with two attached hydrogens (primary N) is 1. The van der Waals surface area contributed by atoms with E-state index >= 15 is 0 Å². The second kappa shape index (κ2) is 2.87. The molecule has 0 atom stereocenters. The largest absolute Gasteiger partial charge is 0.320 e. The van der Waals surface area contributed by atoms with E-state index < -0.39 is 30.7 Å². The van der Waals surface area contributed by atoms with Crippen LogP contribution in [0.2, 0.25) is 0 Å². The van der Waals surface area contributed by atoms with Crippen LogP contribution in [0.3, 0.4) is 0 Å². The number of alkyl halides is 4. The van der Waals surface area contributed by atoms with Gasteiger partial charge < -0.3 is 5.73 Å². The number of halogens is 4. The summed E-state index contributed by atoms with van der Waals surface area (Å²) in [7, 11) is 0. The molecule has 0 heterocycles. The summed E-state index contributed by atoms with van der Waals surface area (Å²) in [6.07, 6.45) is -4.33. The molecule has 1 fully saturated rings. The maximum Gasteiger partial charge on any atom is 0.256 e. The van der Waals surface area contributed by atoms with Gasteiger partial charge in [0.15, 0.2) is 0 Å². The lowest BCUT2D eigenvalue weighted by atomic mass is 9.81. The lowest BCUT2D eigenvalue weighted by molar-refractivity contribution is -0.0773. The molecule has 0 saturated heterocycles. The van der Waals surface area contributed by atoms with Crippen LogP contribution in [0.4, 0.5) is 17.6 Å². The molecule has 1 saturated carbocycles. The van der Waals surface area contributed by atoms with Crippen LogP contribution in [-0.4, -0.2) is 17.9 Å². The lowest BCUT2D eigenvalue weighted by Gasteiger charge is -2.36. The quantitative estimate of drug-likeness (QED) is 0.622. The van der Waals surface area contributed by atoms with Crippen LogP contribution in [0, 0.1) is 0 Å². The summed E-state index contributed by atoms with van der Waals surface area (Å²) in [5, 5.41) is 0. The Labute approximate surface area is 67.9 Å². The van der Waals surface area contributed by atoms with Crippen molar-refractivity contribution < 1.29 is 17.6 Å². The molecule has 2 N–H and O–H groups in total. The summed E-state index contributed by atoms with van der Waals surface area (Å²) >= 11 is 0. The monoisotopic (exact) mass is 185 g/mol. The molecule has 12 heavy (non-hydrogen) atoms. The van der Waals surface area contributed by atoms with Crippen molar-refractivity contribution >= 4 is 0 Å². The van der Waals surface area contributed by atoms with Crippen LogP contribution in [0.25, 0.3) is 0 Å². The maximum absolute atomic E-state index is 12.5. The molecule has 0 aromatic rings.